The second-order valence-electron chi connectivity index (χ2n) is 19.6. The van der Waals surface area contributed by atoms with Crippen molar-refractivity contribution < 1.29 is 28.8 Å². The van der Waals surface area contributed by atoms with Gasteiger partial charge < -0.3 is 46.2 Å². The summed E-state index contributed by atoms with van der Waals surface area (Å²) in [4.78, 5) is 87.4. The molecule has 2 unspecified atom stereocenters. The molecule has 7 amide bonds. The Morgan fingerprint density at radius 2 is 1.25 bits per heavy atom. The average molecular weight is 828 g/mol. The first-order valence-electron chi connectivity index (χ1n) is 23.0. The third-order valence-electron chi connectivity index (χ3n) is 13.6. The van der Waals surface area contributed by atoms with E-state index in [1.165, 1.54) is 6.92 Å². The Morgan fingerprint density at radius 3 is 1.78 bits per heavy atom. The summed E-state index contributed by atoms with van der Waals surface area (Å²) >= 11 is 0. The molecule has 59 heavy (non-hydrogen) atoms. The summed E-state index contributed by atoms with van der Waals surface area (Å²) in [6.45, 7) is 20.3. The predicted octanol–water partition coefficient (Wildman–Crippen LogP) is 2.69. The minimum atomic E-state index is -0.510. The van der Waals surface area contributed by atoms with Crippen LogP contribution >= 0.6 is 0 Å². The van der Waals surface area contributed by atoms with Crippen molar-refractivity contribution in [2.24, 2.45) is 29.6 Å². The minimum Gasteiger partial charge on any atom is -0.356 e. The molecule has 1 spiro atoms. The molecule has 0 aromatic carbocycles. The van der Waals surface area contributed by atoms with Crippen LogP contribution in [0.1, 0.15) is 119 Å². The Bertz CT molecular complexity index is 1460. The molecule has 5 aliphatic rings. The highest BCUT2D eigenvalue weighted by Gasteiger charge is 2.45. The van der Waals surface area contributed by atoms with E-state index < -0.39 is 12.1 Å². The van der Waals surface area contributed by atoms with Gasteiger partial charge in [-0.3, -0.25) is 24.0 Å². The van der Waals surface area contributed by atoms with Crippen molar-refractivity contribution in [1.82, 2.24) is 46.2 Å². The average Bonchev–Trinajstić information content (AvgIpc) is 3.55. The van der Waals surface area contributed by atoms with Gasteiger partial charge in [0.2, 0.25) is 29.5 Å². The largest absolute Gasteiger partial charge is 0.356 e. The van der Waals surface area contributed by atoms with Crippen LogP contribution in [0.5, 0.6) is 0 Å². The minimum absolute atomic E-state index is 0.00592. The second-order valence-corrected chi connectivity index (χ2v) is 19.6. The van der Waals surface area contributed by atoms with Gasteiger partial charge in [0.05, 0.1) is 17.6 Å². The van der Waals surface area contributed by atoms with Crippen LogP contribution in [0.4, 0.5) is 4.79 Å². The van der Waals surface area contributed by atoms with Gasteiger partial charge in [0.25, 0.3) is 0 Å². The number of nitrogens with zero attached hydrogens (tertiary/aromatic N) is 4. The number of piperidine rings is 2. The van der Waals surface area contributed by atoms with Gasteiger partial charge in [-0.05, 0) is 87.4 Å². The third kappa shape index (κ3) is 12.8. The van der Waals surface area contributed by atoms with Crippen LogP contribution in [-0.2, 0) is 24.0 Å². The molecule has 5 rings (SSSR count). The van der Waals surface area contributed by atoms with Crippen molar-refractivity contribution in [2.75, 3.05) is 65.4 Å². The Morgan fingerprint density at radius 1 is 0.712 bits per heavy atom. The summed E-state index contributed by atoms with van der Waals surface area (Å²) in [7, 11) is 0. The van der Waals surface area contributed by atoms with Crippen molar-refractivity contribution in [3.05, 3.63) is 0 Å². The number of hydrogen-bond acceptors (Lipinski definition) is 8. The first-order valence-corrected chi connectivity index (χ1v) is 23.0. The van der Waals surface area contributed by atoms with Crippen LogP contribution in [0.15, 0.2) is 0 Å². The van der Waals surface area contributed by atoms with Gasteiger partial charge >= 0.3 is 6.03 Å². The lowest BCUT2D eigenvalue weighted by Crippen LogP contribution is -2.63. The second kappa shape index (κ2) is 21.4. The Labute approximate surface area is 353 Å². The molecule has 0 saturated carbocycles. The van der Waals surface area contributed by atoms with E-state index in [9.17, 15) is 28.8 Å². The Balaban J connectivity index is 1.17. The van der Waals surface area contributed by atoms with E-state index in [4.69, 9.17) is 0 Å². The number of nitrogens with one attached hydrogen (secondary N) is 5. The normalized spacial score (nSPS) is 24.9. The smallest absolute Gasteiger partial charge is 0.315 e. The van der Waals surface area contributed by atoms with E-state index in [0.717, 1.165) is 38.5 Å². The predicted molar refractivity (Wildman–Crippen MR) is 228 cm³/mol. The number of carbonyl (C=O) groups excluding carboxylic acids is 6. The maximum atomic E-state index is 14.4. The monoisotopic (exact) mass is 828 g/mol. The zero-order chi connectivity index (χ0) is 42.9. The van der Waals surface area contributed by atoms with Gasteiger partial charge in [0.1, 0.15) is 12.1 Å². The summed E-state index contributed by atoms with van der Waals surface area (Å²) in [5.74, 6) is 1.53. The van der Waals surface area contributed by atoms with E-state index in [1.54, 1.807) is 0 Å². The fraction of sp³-hybridized carbons (Fsp3) is 0.864. The summed E-state index contributed by atoms with van der Waals surface area (Å²) < 4.78 is 0. The van der Waals surface area contributed by atoms with E-state index in [0.29, 0.717) is 109 Å². The maximum Gasteiger partial charge on any atom is 0.315 e. The highest BCUT2D eigenvalue weighted by atomic mass is 16.2. The van der Waals surface area contributed by atoms with Crippen LogP contribution < -0.4 is 26.6 Å². The summed E-state index contributed by atoms with van der Waals surface area (Å²) in [6, 6.07) is -1.82. The molecule has 5 aliphatic heterocycles. The maximum absolute atomic E-state index is 14.4. The van der Waals surface area contributed by atoms with E-state index in [1.807, 2.05) is 19.6 Å². The number of rotatable bonds is 18. The zero-order valence-corrected chi connectivity index (χ0v) is 37.3. The lowest BCUT2D eigenvalue weighted by molar-refractivity contribution is -0.150. The van der Waals surface area contributed by atoms with Gasteiger partial charge in [-0.1, -0.05) is 54.4 Å². The molecule has 5 saturated heterocycles. The van der Waals surface area contributed by atoms with Gasteiger partial charge in [-0.15, -0.1) is 0 Å². The Hall–Kier alpha value is -3.46. The molecule has 5 fully saturated rings. The summed E-state index contributed by atoms with van der Waals surface area (Å²) in [5, 5.41) is 15.7. The SMILES string of the molecule is CC(=O)NCCC1CCN(C(=O)[C@H](CC(C)CCC(C)C[C@@H]2NCCN([C@@H](CC(C)C)C(=O)N3CCC4(CC3)CNC(=O)N4)C2=O)N2CCN[C@@H](CC(C)C)C2=O)CC1. The van der Waals surface area contributed by atoms with Crippen LogP contribution in [0.25, 0.3) is 0 Å². The molecular weight excluding hydrogens is 751 g/mol. The molecular formula is C44H77N9O6. The number of hydrogen-bond donors (Lipinski definition) is 5. The lowest BCUT2D eigenvalue weighted by Gasteiger charge is -2.43. The van der Waals surface area contributed by atoms with Gasteiger partial charge in [0.15, 0.2) is 0 Å². The molecule has 0 aromatic rings. The first-order chi connectivity index (χ1) is 28.1. The van der Waals surface area contributed by atoms with Crippen LogP contribution in [0.2, 0.25) is 0 Å². The highest BCUT2D eigenvalue weighted by Crippen LogP contribution is 2.30. The number of piperazine rings is 2. The fourth-order valence-electron chi connectivity index (χ4n) is 10.1. The molecule has 0 aromatic heterocycles. The summed E-state index contributed by atoms with van der Waals surface area (Å²) in [5.41, 5.74) is -0.297. The number of carbonyl (C=O) groups is 6. The number of likely N-dealkylation sites (tertiary alicyclic amines) is 2. The number of amides is 7. The van der Waals surface area contributed by atoms with Crippen LogP contribution in [0.3, 0.4) is 0 Å². The zero-order valence-electron chi connectivity index (χ0n) is 37.3. The topological polar surface area (TPSA) is 176 Å². The Kier molecular flexibility index (Phi) is 16.9. The van der Waals surface area contributed by atoms with E-state index >= 15 is 0 Å². The van der Waals surface area contributed by atoms with Crippen molar-refractivity contribution in [1.29, 1.82) is 0 Å². The number of urea groups is 1. The first kappa shape index (κ1) is 46.6. The van der Waals surface area contributed by atoms with E-state index in [-0.39, 0.29) is 70.9 Å². The lowest BCUT2D eigenvalue weighted by atomic mass is 9.87. The molecule has 5 N–H and O–H groups in total. The molecule has 0 radical (unpaired) electrons. The highest BCUT2D eigenvalue weighted by molar-refractivity contribution is 5.91. The molecule has 5 heterocycles. The fourth-order valence-corrected chi connectivity index (χ4v) is 10.1. The van der Waals surface area contributed by atoms with Gasteiger partial charge in [0, 0.05) is 72.4 Å². The molecule has 15 heteroatoms. The quantitative estimate of drug-likeness (QED) is 0.140. The summed E-state index contributed by atoms with van der Waals surface area (Å²) in [6.07, 6.45) is 8.44. The molecule has 334 valence electrons. The third-order valence-corrected chi connectivity index (χ3v) is 13.6. The van der Waals surface area contributed by atoms with Crippen molar-refractivity contribution >= 4 is 35.6 Å². The molecule has 0 bridgehead atoms. The molecule has 0 aliphatic carbocycles. The van der Waals surface area contributed by atoms with Crippen molar-refractivity contribution in [2.45, 2.75) is 149 Å². The van der Waals surface area contributed by atoms with E-state index in [2.05, 4.69) is 68.1 Å². The van der Waals surface area contributed by atoms with Gasteiger partial charge in [-0.2, -0.15) is 0 Å². The van der Waals surface area contributed by atoms with Crippen molar-refractivity contribution in [3.63, 3.8) is 0 Å². The van der Waals surface area contributed by atoms with Crippen molar-refractivity contribution in [3.8, 4) is 0 Å². The van der Waals surface area contributed by atoms with Crippen LogP contribution in [0, 0.1) is 29.6 Å². The standard InChI is InChI=1S/C44H77N9O6/c1-29(2)24-35-39(55)53(23-16-46-35)38(42(58)50-18-11-34(12-19-50)10-15-45-33(7)54)27-32(6)9-8-31(5)26-36-40(56)52(22-17-47-36)37(25-30(3)4)41(57)51-20-13-44(14-21-51)28-48-43(59)49-44/h29-32,34-38,46-47H,8-28H2,1-7H3,(H,45,54)(H2,48,49,59)/t31?,32?,35-,36-,37-,38-/m0/s1. The van der Waals surface area contributed by atoms with Crippen LogP contribution in [-0.4, -0.2) is 150 Å². The molecule has 15 nitrogen and oxygen atoms in total. The molecule has 6 atom stereocenters. The van der Waals surface area contributed by atoms with Gasteiger partial charge in [-0.25, -0.2) is 4.79 Å².